The van der Waals surface area contributed by atoms with E-state index in [1.54, 1.807) is 0 Å². The van der Waals surface area contributed by atoms with Crippen LogP contribution in [0.1, 0.15) is 26.3 Å². The number of nitrogens with zero attached hydrogens (tertiary/aromatic N) is 2. The Morgan fingerprint density at radius 1 is 1.47 bits per heavy atom. The quantitative estimate of drug-likeness (QED) is 0.844. The lowest BCUT2D eigenvalue weighted by atomic mass is 9.96. The van der Waals surface area contributed by atoms with Crippen molar-refractivity contribution in [1.82, 2.24) is 9.55 Å². The van der Waals surface area contributed by atoms with E-state index in [9.17, 15) is 5.11 Å². The van der Waals surface area contributed by atoms with E-state index in [-0.39, 0.29) is 12.6 Å². The van der Waals surface area contributed by atoms with Crippen molar-refractivity contribution in [3.63, 3.8) is 0 Å². The molecule has 0 aliphatic rings. The summed E-state index contributed by atoms with van der Waals surface area (Å²) in [5.41, 5.74) is 7.53. The summed E-state index contributed by atoms with van der Waals surface area (Å²) in [6.45, 7) is 3.95. The molecule has 1 aromatic heterocycles. The van der Waals surface area contributed by atoms with Gasteiger partial charge in [-0.25, -0.2) is 4.98 Å². The third-order valence-corrected chi connectivity index (χ3v) is 3.08. The molecule has 2 rings (SSSR count). The van der Waals surface area contributed by atoms with E-state index in [4.69, 9.17) is 5.73 Å². The van der Waals surface area contributed by atoms with Crippen LogP contribution in [0.3, 0.4) is 0 Å². The molecular formula is C13H19N3O. The van der Waals surface area contributed by atoms with Crippen LogP contribution in [0.15, 0.2) is 30.6 Å². The highest BCUT2D eigenvalue weighted by Crippen LogP contribution is 2.23. The SMILES string of the molecule is CC(CC(C)(N)CO)n1cnc2ccccc21. The van der Waals surface area contributed by atoms with Gasteiger partial charge in [-0.3, -0.25) is 0 Å². The van der Waals surface area contributed by atoms with Crippen LogP contribution in [0, 0.1) is 0 Å². The number of hydrogen-bond donors (Lipinski definition) is 2. The predicted octanol–water partition coefficient (Wildman–Crippen LogP) is 1.70. The van der Waals surface area contributed by atoms with Gasteiger partial charge in [0.15, 0.2) is 0 Å². The highest BCUT2D eigenvalue weighted by atomic mass is 16.3. The Hall–Kier alpha value is -1.39. The van der Waals surface area contributed by atoms with Crippen molar-refractivity contribution in [2.24, 2.45) is 5.73 Å². The van der Waals surface area contributed by atoms with Gasteiger partial charge in [0.2, 0.25) is 0 Å². The van der Waals surface area contributed by atoms with Crippen molar-refractivity contribution in [1.29, 1.82) is 0 Å². The molecule has 0 bridgehead atoms. The van der Waals surface area contributed by atoms with Crippen molar-refractivity contribution in [2.45, 2.75) is 31.8 Å². The lowest BCUT2D eigenvalue weighted by Gasteiger charge is -2.26. The van der Waals surface area contributed by atoms with Crippen LogP contribution in [0.25, 0.3) is 11.0 Å². The zero-order valence-electron chi connectivity index (χ0n) is 10.3. The first-order valence-corrected chi connectivity index (χ1v) is 5.85. The van der Waals surface area contributed by atoms with Crippen molar-refractivity contribution >= 4 is 11.0 Å². The van der Waals surface area contributed by atoms with Crippen molar-refractivity contribution < 1.29 is 5.11 Å². The third-order valence-electron chi connectivity index (χ3n) is 3.08. The summed E-state index contributed by atoms with van der Waals surface area (Å²) in [6.07, 6.45) is 2.55. The first-order chi connectivity index (χ1) is 8.03. The number of imidazole rings is 1. The van der Waals surface area contributed by atoms with Crippen LogP contribution in [-0.4, -0.2) is 26.8 Å². The molecule has 0 aliphatic carbocycles. The van der Waals surface area contributed by atoms with Crippen LogP contribution >= 0.6 is 0 Å². The lowest BCUT2D eigenvalue weighted by Crippen LogP contribution is -2.41. The Morgan fingerprint density at radius 2 is 2.18 bits per heavy atom. The first kappa shape index (κ1) is 12.1. The van der Waals surface area contributed by atoms with Gasteiger partial charge in [-0.1, -0.05) is 12.1 Å². The topological polar surface area (TPSA) is 64.1 Å². The standard InChI is InChI=1S/C13H19N3O/c1-10(7-13(2,14)8-17)16-9-15-11-5-3-4-6-12(11)16/h3-6,9-10,17H,7-8,14H2,1-2H3. The largest absolute Gasteiger partial charge is 0.394 e. The smallest absolute Gasteiger partial charge is 0.0960 e. The van der Waals surface area contributed by atoms with Gasteiger partial charge in [-0.2, -0.15) is 0 Å². The number of nitrogens with two attached hydrogens (primary N) is 1. The van der Waals surface area contributed by atoms with Gasteiger partial charge in [0.25, 0.3) is 0 Å². The monoisotopic (exact) mass is 233 g/mol. The van der Waals surface area contributed by atoms with E-state index < -0.39 is 5.54 Å². The Kier molecular flexibility index (Phi) is 3.17. The summed E-state index contributed by atoms with van der Waals surface area (Å²) >= 11 is 0. The zero-order valence-corrected chi connectivity index (χ0v) is 10.3. The maximum Gasteiger partial charge on any atom is 0.0960 e. The Labute approximate surface area is 101 Å². The first-order valence-electron chi connectivity index (χ1n) is 5.85. The molecule has 0 spiro atoms. The second-order valence-corrected chi connectivity index (χ2v) is 5.01. The number of para-hydroxylation sites is 2. The molecule has 2 aromatic rings. The summed E-state index contributed by atoms with van der Waals surface area (Å²) in [4.78, 5) is 4.36. The Morgan fingerprint density at radius 3 is 2.88 bits per heavy atom. The molecule has 17 heavy (non-hydrogen) atoms. The van der Waals surface area contributed by atoms with Gasteiger partial charge in [0.05, 0.1) is 24.0 Å². The molecule has 0 aliphatic heterocycles. The predicted molar refractivity (Wildman–Crippen MR) is 68.7 cm³/mol. The molecule has 0 fully saturated rings. The fourth-order valence-electron chi connectivity index (χ4n) is 2.17. The molecule has 4 nitrogen and oxygen atoms in total. The van der Waals surface area contributed by atoms with Gasteiger partial charge in [0, 0.05) is 11.6 Å². The highest BCUT2D eigenvalue weighted by molar-refractivity contribution is 5.75. The molecule has 1 heterocycles. The van der Waals surface area contributed by atoms with E-state index in [2.05, 4.69) is 16.5 Å². The summed E-state index contributed by atoms with van der Waals surface area (Å²) in [7, 11) is 0. The minimum atomic E-state index is -0.551. The second kappa shape index (κ2) is 4.47. The van der Waals surface area contributed by atoms with Crippen molar-refractivity contribution in [3.05, 3.63) is 30.6 Å². The fraction of sp³-hybridized carbons (Fsp3) is 0.462. The van der Waals surface area contributed by atoms with Gasteiger partial charge in [-0.15, -0.1) is 0 Å². The molecule has 3 N–H and O–H groups in total. The van der Waals surface area contributed by atoms with E-state index in [1.165, 1.54) is 0 Å². The van der Waals surface area contributed by atoms with Crippen molar-refractivity contribution in [2.75, 3.05) is 6.61 Å². The number of hydrogen-bond acceptors (Lipinski definition) is 3. The lowest BCUT2D eigenvalue weighted by molar-refractivity contribution is 0.186. The van der Waals surface area contributed by atoms with E-state index in [0.717, 1.165) is 11.0 Å². The summed E-state index contributed by atoms with van der Waals surface area (Å²) in [5.74, 6) is 0. The Balaban J connectivity index is 2.28. The number of aliphatic hydroxyl groups excluding tert-OH is 1. The number of benzene rings is 1. The maximum atomic E-state index is 9.20. The van der Waals surface area contributed by atoms with Gasteiger partial charge >= 0.3 is 0 Å². The number of fused-ring (bicyclic) bond motifs is 1. The number of aromatic nitrogens is 2. The highest BCUT2D eigenvalue weighted by Gasteiger charge is 2.22. The van der Waals surface area contributed by atoms with Crippen LogP contribution < -0.4 is 5.73 Å². The molecular weight excluding hydrogens is 214 g/mol. The van der Waals surface area contributed by atoms with Gasteiger partial charge in [-0.05, 0) is 32.4 Å². The molecule has 0 saturated heterocycles. The average Bonchev–Trinajstić information content (AvgIpc) is 2.72. The van der Waals surface area contributed by atoms with E-state index in [1.807, 2.05) is 37.5 Å². The van der Waals surface area contributed by atoms with Crippen LogP contribution in [0.2, 0.25) is 0 Å². The Bertz CT molecular complexity index is 504. The molecule has 2 atom stereocenters. The third kappa shape index (κ3) is 2.48. The minimum Gasteiger partial charge on any atom is -0.394 e. The minimum absolute atomic E-state index is 0.00995. The average molecular weight is 233 g/mol. The zero-order chi connectivity index (χ0) is 12.5. The number of aliphatic hydroxyl groups is 1. The van der Waals surface area contributed by atoms with Crippen LogP contribution in [-0.2, 0) is 0 Å². The van der Waals surface area contributed by atoms with E-state index >= 15 is 0 Å². The molecule has 92 valence electrons. The molecule has 0 saturated carbocycles. The van der Waals surface area contributed by atoms with Crippen molar-refractivity contribution in [3.8, 4) is 0 Å². The normalized spacial score (nSPS) is 16.9. The molecule has 0 amide bonds. The second-order valence-electron chi connectivity index (χ2n) is 5.01. The number of rotatable bonds is 4. The summed E-state index contributed by atoms with van der Waals surface area (Å²) < 4.78 is 2.11. The van der Waals surface area contributed by atoms with Crippen LogP contribution in [0.5, 0.6) is 0 Å². The van der Waals surface area contributed by atoms with Gasteiger partial charge < -0.3 is 15.4 Å². The molecule has 4 heteroatoms. The summed E-state index contributed by atoms with van der Waals surface area (Å²) in [5, 5.41) is 9.20. The molecule has 2 unspecified atom stereocenters. The van der Waals surface area contributed by atoms with Crippen LogP contribution in [0.4, 0.5) is 0 Å². The molecule has 0 radical (unpaired) electrons. The summed E-state index contributed by atoms with van der Waals surface area (Å²) in [6, 6.07) is 8.23. The maximum absolute atomic E-state index is 9.20. The fourth-order valence-corrected chi connectivity index (χ4v) is 2.17. The molecule has 1 aromatic carbocycles. The van der Waals surface area contributed by atoms with Gasteiger partial charge in [0.1, 0.15) is 0 Å². The van der Waals surface area contributed by atoms with E-state index in [0.29, 0.717) is 6.42 Å².